The fraction of sp³-hybridized carbons (Fsp3) is 0.316. The van der Waals surface area contributed by atoms with Crippen LogP contribution in [0.5, 0.6) is 17.2 Å². The third kappa shape index (κ3) is 3.18. The second kappa shape index (κ2) is 7.43. The van der Waals surface area contributed by atoms with Gasteiger partial charge in [-0.3, -0.25) is 4.79 Å². The molecular weight excluding hydrogens is 358 g/mol. The van der Waals surface area contributed by atoms with Crippen LogP contribution in [0.2, 0.25) is 0 Å². The Morgan fingerprint density at radius 3 is 2.50 bits per heavy atom. The summed E-state index contributed by atoms with van der Waals surface area (Å²) in [5.41, 5.74) is 1.89. The van der Waals surface area contributed by atoms with E-state index in [1.165, 1.54) is 0 Å². The lowest BCUT2D eigenvalue weighted by molar-refractivity contribution is -0.142. The Bertz CT molecular complexity index is 795. The number of hydrogen-bond acceptors (Lipinski definition) is 5. The van der Waals surface area contributed by atoms with Crippen LogP contribution in [-0.4, -0.2) is 31.5 Å². The minimum atomic E-state index is -0.812. The summed E-state index contributed by atoms with van der Waals surface area (Å²) >= 11 is 0. The minimum Gasteiger partial charge on any atom is -0.497 e. The monoisotopic (exact) mass is 377 g/mol. The number of benzene rings is 2. The largest absolute Gasteiger partial charge is 0.497 e. The van der Waals surface area contributed by atoms with E-state index in [0.717, 1.165) is 16.9 Å². The SMILES string of the molecule is COc1ccc([C@H]2NC[C@@H](c3ccc4c(c3)OCO4)[C@@H]2C(=O)O)cc1.Cl. The van der Waals surface area contributed by atoms with Crippen LogP contribution in [0, 0.1) is 5.92 Å². The highest BCUT2D eigenvalue weighted by Gasteiger charge is 2.42. The van der Waals surface area contributed by atoms with Gasteiger partial charge in [-0.15, -0.1) is 12.4 Å². The number of carboxylic acids is 1. The molecule has 0 bridgehead atoms. The predicted molar refractivity (Wildman–Crippen MR) is 97.4 cm³/mol. The van der Waals surface area contributed by atoms with Crippen LogP contribution in [0.3, 0.4) is 0 Å². The molecule has 3 atom stereocenters. The minimum absolute atomic E-state index is 0. The summed E-state index contributed by atoms with van der Waals surface area (Å²) in [6.07, 6.45) is 0. The van der Waals surface area contributed by atoms with Crippen LogP contribution < -0.4 is 19.5 Å². The lowest BCUT2D eigenvalue weighted by atomic mass is 9.83. The average Bonchev–Trinajstić information content (AvgIpc) is 3.27. The van der Waals surface area contributed by atoms with Gasteiger partial charge in [-0.1, -0.05) is 18.2 Å². The van der Waals surface area contributed by atoms with Crippen LogP contribution in [0.1, 0.15) is 23.1 Å². The second-order valence-electron chi connectivity index (χ2n) is 6.24. The zero-order valence-electron chi connectivity index (χ0n) is 14.2. The third-order valence-electron chi connectivity index (χ3n) is 4.94. The van der Waals surface area contributed by atoms with Crippen molar-refractivity contribution in [2.75, 3.05) is 20.4 Å². The first-order valence-corrected chi connectivity index (χ1v) is 8.17. The van der Waals surface area contributed by atoms with E-state index in [2.05, 4.69) is 5.32 Å². The molecule has 0 aromatic heterocycles. The lowest BCUT2D eigenvalue weighted by Crippen LogP contribution is -2.25. The normalized spacial score (nSPS) is 23.3. The van der Waals surface area contributed by atoms with E-state index in [4.69, 9.17) is 14.2 Å². The first kappa shape index (κ1) is 18.4. The molecule has 0 aliphatic carbocycles. The molecule has 138 valence electrons. The van der Waals surface area contributed by atoms with Crippen molar-refractivity contribution in [1.29, 1.82) is 0 Å². The average molecular weight is 378 g/mol. The fourth-order valence-electron chi connectivity index (χ4n) is 3.66. The summed E-state index contributed by atoms with van der Waals surface area (Å²) in [5.74, 6) is 0.616. The highest BCUT2D eigenvalue weighted by atomic mass is 35.5. The van der Waals surface area contributed by atoms with Crippen molar-refractivity contribution in [2.24, 2.45) is 5.92 Å². The first-order chi connectivity index (χ1) is 12.2. The molecule has 0 spiro atoms. The van der Waals surface area contributed by atoms with Gasteiger partial charge in [0.2, 0.25) is 6.79 Å². The Balaban J connectivity index is 0.00000196. The van der Waals surface area contributed by atoms with Crippen LogP contribution in [-0.2, 0) is 4.79 Å². The molecule has 6 nitrogen and oxygen atoms in total. The van der Waals surface area contributed by atoms with E-state index in [0.29, 0.717) is 18.0 Å². The molecule has 2 aromatic carbocycles. The summed E-state index contributed by atoms with van der Waals surface area (Å²) in [4.78, 5) is 12.0. The summed E-state index contributed by atoms with van der Waals surface area (Å²) < 4.78 is 15.9. The van der Waals surface area contributed by atoms with E-state index < -0.39 is 11.9 Å². The standard InChI is InChI=1S/C19H19NO5.ClH/c1-23-13-5-2-11(3-6-13)18-17(19(21)22)14(9-20-18)12-4-7-15-16(8-12)25-10-24-15;/h2-8,14,17-18,20H,9-10H2,1H3,(H,21,22);1H/t14-,17-,18+;/m0./s1. The third-order valence-corrected chi connectivity index (χ3v) is 4.94. The van der Waals surface area contributed by atoms with E-state index in [9.17, 15) is 9.90 Å². The number of carbonyl (C=O) groups is 1. The number of ether oxygens (including phenoxy) is 3. The van der Waals surface area contributed by atoms with Crippen molar-refractivity contribution in [2.45, 2.75) is 12.0 Å². The van der Waals surface area contributed by atoms with Gasteiger partial charge in [0, 0.05) is 18.5 Å². The molecule has 1 fully saturated rings. The lowest BCUT2D eigenvalue weighted by Gasteiger charge is -2.21. The van der Waals surface area contributed by atoms with Crippen LogP contribution in [0.4, 0.5) is 0 Å². The molecule has 2 heterocycles. The van der Waals surface area contributed by atoms with Crippen LogP contribution >= 0.6 is 12.4 Å². The Morgan fingerprint density at radius 2 is 1.81 bits per heavy atom. The van der Waals surface area contributed by atoms with Gasteiger partial charge in [0.25, 0.3) is 0 Å². The summed E-state index contributed by atoms with van der Waals surface area (Å²) in [6, 6.07) is 12.9. The number of fused-ring (bicyclic) bond motifs is 1. The number of rotatable bonds is 4. The number of hydrogen-bond donors (Lipinski definition) is 2. The van der Waals surface area contributed by atoms with Gasteiger partial charge in [-0.05, 0) is 35.4 Å². The Labute approximate surface area is 157 Å². The summed E-state index contributed by atoms with van der Waals surface area (Å²) in [7, 11) is 1.61. The zero-order chi connectivity index (χ0) is 17.4. The highest BCUT2D eigenvalue weighted by Crippen LogP contribution is 2.43. The summed E-state index contributed by atoms with van der Waals surface area (Å²) in [5, 5.41) is 13.2. The van der Waals surface area contributed by atoms with Gasteiger partial charge in [0.05, 0.1) is 13.0 Å². The number of nitrogens with one attached hydrogen (secondary N) is 1. The fourth-order valence-corrected chi connectivity index (χ4v) is 3.66. The van der Waals surface area contributed by atoms with E-state index in [1.807, 2.05) is 42.5 Å². The molecule has 2 aliphatic heterocycles. The van der Waals surface area contributed by atoms with Crippen molar-refractivity contribution >= 4 is 18.4 Å². The molecule has 0 amide bonds. The Morgan fingerprint density at radius 1 is 1.12 bits per heavy atom. The number of halogens is 1. The van der Waals surface area contributed by atoms with E-state index in [1.54, 1.807) is 7.11 Å². The maximum absolute atomic E-state index is 12.0. The first-order valence-electron chi connectivity index (χ1n) is 8.17. The predicted octanol–water partition coefficient (Wildman–Crippen LogP) is 2.97. The highest BCUT2D eigenvalue weighted by molar-refractivity contribution is 5.85. The second-order valence-corrected chi connectivity index (χ2v) is 6.24. The quantitative estimate of drug-likeness (QED) is 0.853. The van der Waals surface area contributed by atoms with Gasteiger partial charge in [-0.25, -0.2) is 0 Å². The van der Waals surface area contributed by atoms with Gasteiger partial charge >= 0.3 is 5.97 Å². The van der Waals surface area contributed by atoms with Crippen molar-refractivity contribution in [3.05, 3.63) is 53.6 Å². The van der Waals surface area contributed by atoms with Crippen molar-refractivity contribution in [1.82, 2.24) is 5.32 Å². The van der Waals surface area contributed by atoms with Crippen molar-refractivity contribution < 1.29 is 24.1 Å². The van der Waals surface area contributed by atoms with Crippen molar-refractivity contribution in [3.63, 3.8) is 0 Å². The Hall–Kier alpha value is -2.44. The number of carboxylic acid groups (broad SMARTS) is 1. The zero-order valence-corrected chi connectivity index (χ0v) is 15.0. The number of methoxy groups -OCH3 is 1. The van der Waals surface area contributed by atoms with Gasteiger partial charge in [0.1, 0.15) is 5.75 Å². The molecule has 2 aliphatic rings. The Kier molecular flexibility index (Phi) is 5.25. The van der Waals surface area contributed by atoms with Gasteiger partial charge in [-0.2, -0.15) is 0 Å². The maximum atomic E-state index is 12.0. The molecule has 1 saturated heterocycles. The van der Waals surface area contributed by atoms with Crippen molar-refractivity contribution in [3.8, 4) is 17.2 Å². The maximum Gasteiger partial charge on any atom is 0.309 e. The summed E-state index contributed by atoms with van der Waals surface area (Å²) in [6.45, 7) is 0.797. The molecule has 7 heteroatoms. The topological polar surface area (TPSA) is 77.0 Å². The van der Waals surface area contributed by atoms with Crippen LogP contribution in [0.25, 0.3) is 0 Å². The molecule has 26 heavy (non-hydrogen) atoms. The molecule has 2 aromatic rings. The van der Waals surface area contributed by atoms with E-state index in [-0.39, 0.29) is 31.2 Å². The van der Waals surface area contributed by atoms with Gasteiger partial charge in [0.15, 0.2) is 11.5 Å². The molecule has 0 saturated carbocycles. The molecule has 0 unspecified atom stereocenters. The molecular formula is C19H20ClNO5. The van der Waals surface area contributed by atoms with Gasteiger partial charge < -0.3 is 24.6 Å². The molecule has 4 rings (SSSR count). The molecule has 2 N–H and O–H groups in total. The van der Waals surface area contributed by atoms with E-state index >= 15 is 0 Å². The van der Waals surface area contributed by atoms with Crippen LogP contribution in [0.15, 0.2) is 42.5 Å². The number of aliphatic carboxylic acids is 1. The molecule has 0 radical (unpaired) electrons. The smallest absolute Gasteiger partial charge is 0.309 e.